The molecule has 1 aromatic rings. The molecule has 0 aliphatic rings. The summed E-state index contributed by atoms with van der Waals surface area (Å²) in [4.78, 5) is 11.7. The average molecular weight is 289 g/mol. The number of rotatable bonds is 5. The summed E-state index contributed by atoms with van der Waals surface area (Å²) in [7, 11) is 0. The zero-order valence-electron chi connectivity index (χ0n) is 11.6. The van der Waals surface area contributed by atoms with Crippen molar-refractivity contribution in [2.75, 3.05) is 6.54 Å². The molecular weight excluding hydrogens is 271 g/mol. The second-order valence-corrected chi connectivity index (χ2v) is 5.09. The van der Waals surface area contributed by atoms with Crippen LogP contribution in [0.4, 0.5) is 13.2 Å². The van der Waals surface area contributed by atoms with Gasteiger partial charge in [-0.05, 0) is 12.8 Å². The molecule has 6 heteroatoms. The van der Waals surface area contributed by atoms with Crippen LogP contribution in [0.5, 0.6) is 0 Å². The highest BCUT2D eigenvalue weighted by molar-refractivity contribution is 5.94. The molecule has 20 heavy (non-hydrogen) atoms. The number of aliphatic hydroxyl groups is 1. The summed E-state index contributed by atoms with van der Waals surface area (Å²) in [6.45, 7) is 5.04. The second-order valence-electron chi connectivity index (χ2n) is 5.09. The van der Waals surface area contributed by atoms with Crippen molar-refractivity contribution in [3.05, 3.63) is 35.1 Å². The van der Waals surface area contributed by atoms with Gasteiger partial charge in [-0.15, -0.1) is 0 Å². The minimum absolute atomic E-state index is 0.106. The first-order chi connectivity index (χ1) is 9.19. The molecule has 0 aromatic heterocycles. The molecule has 0 radical (unpaired) electrons. The molecule has 0 saturated heterocycles. The molecule has 112 valence electrons. The van der Waals surface area contributed by atoms with Crippen LogP contribution < -0.4 is 5.32 Å². The highest BCUT2D eigenvalue weighted by Gasteiger charge is 2.28. The van der Waals surface area contributed by atoms with Crippen molar-refractivity contribution in [1.82, 2.24) is 5.32 Å². The zero-order chi connectivity index (χ0) is 15.5. The summed E-state index contributed by atoms with van der Waals surface area (Å²) in [5.74, 6) is -4.77. The summed E-state index contributed by atoms with van der Waals surface area (Å²) in [6, 6.07) is 0.871. The molecule has 0 aliphatic heterocycles. The standard InChI is InChI=1S/C14H18F3NO2/c1-4-8(2)14(3,20)7-18-13(19)12-10(16)5-9(15)6-11(12)17/h5-6,8,20H,4,7H2,1-3H3,(H,18,19). The Balaban J connectivity index is 2.83. The van der Waals surface area contributed by atoms with Crippen LogP contribution in [0.1, 0.15) is 37.6 Å². The minimum atomic E-state index is -1.27. The van der Waals surface area contributed by atoms with E-state index in [4.69, 9.17) is 0 Å². The van der Waals surface area contributed by atoms with E-state index in [-0.39, 0.29) is 12.5 Å². The van der Waals surface area contributed by atoms with Gasteiger partial charge >= 0.3 is 0 Å². The smallest absolute Gasteiger partial charge is 0.257 e. The molecule has 0 saturated carbocycles. The Morgan fingerprint density at radius 2 is 1.85 bits per heavy atom. The summed E-state index contributed by atoms with van der Waals surface area (Å²) < 4.78 is 39.6. The van der Waals surface area contributed by atoms with Gasteiger partial charge in [0.15, 0.2) is 0 Å². The first-order valence-electron chi connectivity index (χ1n) is 6.34. The third kappa shape index (κ3) is 3.72. The van der Waals surface area contributed by atoms with Gasteiger partial charge in [-0.2, -0.15) is 0 Å². The van der Waals surface area contributed by atoms with E-state index >= 15 is 0 Å². The number of benzene rings is 1. The van der Waals surface area contributed by atoms with Crippen LogP contribution in [0, 0.1) is 23.4 Å². The number of hydrogen-bond acceptors (Lipinski definition) is 2. The van der Waals surface area contributed by atoms with Gasteiger partial charge < -0.3 is 10.4 Å². The maximum absolute atomic E-state index is 13.4. The molecule has 0 fully saturated rings. The second kappa shape index (κ2) is 6.26. The molecule has 2 N–H and O–H groups in total. The molecule has 3 nitrogen and oxygen atoms in total. The molecule has 2 atom stereocenters. The van der Waals surface area contributed by atoms with Crippen molar-refractivity contribution >= 4 is 5.91 Å². The third-order valence-corrected chi connectivity index (χ3v) is 3.51. The summed E-state index contributed by atoms with van der Waals surface area (Å²) >= 11 is 0. The fourth-order valence-corrected chi connectivity index (χ4v) is 1.72. The maximum atomic E-state index is 13.4. The predicted octanol–water partition coefficient (Wildman–Crippen LogP) is 2.63. The first-order valence-corrected chi connectivity index (χ1v) is 6.34. The normalized spacial score (nSPS) is 15.6. The Hall–Kier alpha value is -1.56. The zero-order valence-corrected chi connectivity index (χ0v) is 11.6. The quantitative estimate of drug-likeness (QED) is 0.875. The van der Waals surface area contributed by atoms with Crippen molar-refractivity contribution in [3.8, 4) is 0 Å². The van der Waals surface area contributed by atoms with Crippen LogP contribution in [0.15, 0.2) is 12.1 Å². The molecule has 0 bridgehead atoms. The number of hydrogen-bond donors (Lipinski definition) is 2. The highest BCUT2D eigenvalue weighted by Crippen LogP contribution is 2.20. The van der Waals surface area contributed by atoms with Crippen molar-refractivity contribution in [2.24, 2.45) is 5.92 Å². The lowest BCUT2D eigenvalue weighted by Crippen LogP contribution is -2.45. The molecule has 0 aliphatic carbocycles. The van der Waals surface area contributed by atoms with E-state index in [1.165, 1.54) is 6.92 Å². The summed E-state index contributed by atoms with van der Waals surface area (Å²) in [6.07, 6.45) is 0.683. The van der Waals surface area contributed by atoms with Crippen molar-refractivity contribution in [2.45, 2.75) is 32.8 Å². The van der Waals surface area contributed by atoms with Gasteiger partial charge in [-0.1, -0.05) is 20.3 Å². The number of carbonyl (C=O) groups excluding carboxylic acids is 1. The average Bonchev–Trinajstić information content (AvgIpc) is 2.34. The van der Waals surface area contributed by atoms with E-state index in [1.807, 2.05) is 6.92 Å². The summed E-state index contributed by atoms with van der Waals surface area (Å²) in [5.41, 5.74) is -2.05. The van der Waals surface area contributed by atoms with Gasteiger partial charge in [-0.3, -0.25) is 4.79 Å². The van der Waals surface area contributed by atoms with E-state index < -0.39 is 34.5 Å². The molecule has 0 spiro atoms. The topological polar surface area (TPSA) is 49.3 Å². The van der Waals surface area contributed by atoms with Gasteiger partial charge in [0.1, 0.15) is 23.0 Å². The Kier molecular flexibility index (Phi) is 5.16. The van der Waals surface area contributed by atoms with E-state index in [2.05, 4.69) is 5.32 Å². The van der Waals surface area contributed by atoms with Gasteiger partial charge in [0, 0.05) is 18.7 Å². The lowest BCUT2D eigenvalue weighted by Gasteiger charge is -2.29. The molecule has 1 aromatic carbocycles. The number of amides is 1. The van der Waals surface area contributed by atoms with Crippen molar-refractivity contribution in [1.29, 1.82) is 0 Å². The van der Waals surface area contributed by atoms with E-state index in [1.54, 1.807) is 6.92 Å². The van der Waals surface area contributed by atoms with Crippen molar-refractivity contribution in [3.63, 3.8) is 0 Å². The lowest BCUT2D eigenvalue weighted by atomic mass is 9.88. The van der Waals surface area contributed by atoms with E-state index in [0.29, 0.717) is 18.6 Å². The first kappa shape index (κ1) is 16.5. The van der Waals surface area contributed by atoms with Crippen LogP contribution in [0.2, 0.25) is 0 Å². The molecular formula is C14H18F3NO2. The van der Waals surface area contributed by atoms with Crippen LogP contribution in [-0.2, 0) is 0 Å². The largest absolute Gasteiger partial charge is 0.388 e. The number of halogens is 3. The van der Waals surface area contributed by atoms with Crippen LogP contribution in [-0.4, -0.2) is 23.2 Å². The minimum Gasteiger partial charge on any atom is -0.388 e. The summed E-state index contributed by atoms with van der Waals surface area (Å²) in [5, 5.41) is 12.4. The third-order valence-electron chi connectivity index (χ3n) is 3.51. The van der Waals surface area contributed by atoms with Crippen LogP contribution in [0.25, 0.3) is 0 Å². The Morgan fingerprint density at radius 3 is 2.30 bits per heavy atom. The number of nitrogens with one attached hydrogen (secondary N) is 1. The monoisotopic (exact) mass is 289 g/mol. The number of carbonyl (C=O) groups is 1. The molecule has 1 amide bonds. The van der Waals surface area contributed by atoms with E-state index in [9.17, 15) is 23.1 Å². The predicted molar refractivity (Wildman–Crippen MR) is 68.7 cm³/mol. The molecule has 2 unspecified atom stereocenters. The molecule has 0 heterocycles. The Bertz CT molecular complexity index is 480. The molecule has 1 rings (SSSR count). The van der Waals surface area contributed by atoms with Gasteiger partial charge in [0.2, 0.25) is 0 Å². The fourth-order valence-electron chi connectivity index (χ4n) is 1.72. The van der Waals surface area contributed by atoms with Crippen molar-refractivity contribution < 1.29 is 23.1 Å². The van der Waals surface area contributed by atoms with Gasteiger partial charge in [0.25, 0.3) is 5.91 Å². The SMILES string of the molecule is CCC(C)C(C)(O)CNC(=O)c1c(F)cc(F)cc1F. The van der Waals surface area contributed by atoms with Gasteiger partial charge in [-0.25, -0.2) is 13.2 Å². The fraction of sp³-hybridized carbons (Fsp3) is 0.500. The van der Waals surface area contributed by atoms with Crippen LogP contribution in [0.3, 0.4) is 0 Å². The van der Waals surface area contributed by atoms with E-state index in [0.717, 1.165) is 0 Å². The Labute approximate surface area is 115 Å². The van der Waals surface area contributed by atoms with Crippen LogP contribution >= 0.6 is 0 Å². The highest BCUT2D eigenvalue weighted by atomic mass is 19.1. The Morgan fingerprint density at radius 1 is 1.35 bits per heavy atom. The maximum Gasteiger partial charge on any atom is 0.257 e. The lowest BCUT2D eigenvalue weighted by molar-refractivity contribution is 0.00583. The van der Waals surface area contributed by atoms with Gasteiger partial charge in [0.05, 0.1) is 5.60 Å².